The highest BCUT2D eigenvalue weighted by Crippen LogP contribution is 2.46. The number of nitrogens with one attached hydrogen (secondary N) is 3. The Balaban J connectivity index is 1.32. The number of carbonyl (C=O) groups excluding carboxylic acids is 5. The number of nitrogens with zero attached hydrogens (tertiary/aromatic N) is 3. The average Bonchev–Trinajstić information content (AvgIpc) is 3.59. The molecule has 1 saturated heterocycles. The van der Waals surface area contributed by atoms with E-state index in [9.17, 15) is 24.0 Å². The van der Waals surface area contributed by atoms with E-state index in [0.717, 1.165) is 25.7 Å². The van der Waals surface area contributed by atoms with Crippen molar-refractivity contribution < 1.29 is 42.9 Å². The van der Waals surface area contributed by atoms with Gasteiger partial charge in [0, 0.05) is 41.7 Å². The molecule has 3 aromatic rings. The van der Waals surface area contributed by atoms with Gasteiger partial charge in [0.2, 0.25) is 17.7 Å². The Bertz CT molecular complexity index is 2100. The van der Waals surface area contributed by atoms with E-state index in [1.54, 1.807) is 36.8 Å². The van der Waals surface area contributed by atoms with Crippen molar-refractivity contribution >= 4 is 57.2 Å². The standard InChI is InChI=1S/C43H56N6O9S/c1-10-24-20-43(24,38(53)56-9)48-36(51)32-18-27(22-49(32)37(52)35(42(5,6)7)47-40(54)58-25-13-11-12-14-25)57-33-19-30(44-29-17-26(55-8)15-16-28(29)33)31-23-59-39(45-31)46-34(50)21-41(2,3)4/h10,15-17,19,23-25,27,32,35H,1,11-14,18,20-22H2,2-9H3,(H,47,54)(H,48,51)(H,45,46,50)/t24-,27-,32+,35?,43-/m1/s1. The summed E-state index contributed by atoms with van der Waals surface area (Å²) < 4.78 is 23.0. The first-order chi connectivity index (χ1) is 27.8. The van der Waals surface area contributed by atoms with Crippen molar-refractivity contribution in [2.75, 3.05) is 26.1 Å². The Morgan fingerprint density at radius 3 is 2.37 bits per heavy atom. The molecule has 3 heterocycles. The Morgan fingerprint density at radius 1 is 1.02 bits per heavy atom. The summed E-state index contributed by atoms with van der Waals surface area (Å²) in [5.41, 5.74) is -0.760. The fourth-order valence-corrected chi connectivity index (χ4v) is 8.51. The quantitative estimate of drug-likeness (QED) is 0.128. The summed E-state index contributed by atoms with van der Waals surface area (Å²) in [7, 11) is 2.81. The van der Waals surface area contributed by atoms with Crippen molar-refractivity contribution in [2.24, 2.45) is 16.7 Å². The number of carbonyl (C=O) groups is 5. The summed E-state index contributed by atoms with van der Waals surface area (Å²) >= 11 is 1.27. The monoisotopic (exact) mass is 832 g/mol. The van der Waals surface area contributed by atoms with Gasteiger partial charge in [-0.25, -0.2) is 19.6 Å². The van der Waals surface area contributed by atoms with E-state index >= 15 is 0 Å². The van der Waals surface area contributed by atoms with Crippen LogP contribution in [0.4, 0.5) is 9.93 Å². The number of methoxy groups -OCH3 is 2. The van der Waals surface area contributed by atoms with E-state index in [0.29, 0.717) is 51.8 Å². The molecule has 16 heteroatoms. The molecule has 3 fully saturated rings. The smallest absolute Gasteiger partial charge is 0.408 e. The molecule has 3 N–H and O–H groups in total. The fraction of sp³-hybridized carbons (Fsp3) is 0.558. The molecule has 0 spiro atoms. The molecule has 5 atom stereocenters. The first-order valence-corrected chi connectivity index (χ1v) is 20.9. The number of likely N-dealkylation sites (tertiary alicyclic amines) is 1. The van der Waals surface area contributed by atoms with Gasteiger partial charge in [-0.15, -0.1) is 17.9 Å². The third kappa shape index (κ3) is 9.97. The lowest BCUT2D eigenvalue weighted by molar-refractivity contribution is -0.148. The molecule has 2 saturated carbocycles. The summed E-state index contributed by atoms with van der Waals surface area (Å²) in [4.78, 5) is 78.8. The Kier molecular flexibility index (Phi) is 12.6. The minimum absolute atomic E-state index is 0.0189. The molecule has 2 aliphatic carbocycles. The SMILES string of the molecule is C=C[C@@H]1C[C@]1(NC(=O)[C@@H]1C[C@@H](Oc2cc(-c3csc(NC(=O)CC(C)(C)C)n3)nc3cc(OC)ccc23)CN1C(=O)C(NC(=O)OC1CCCC1)C(C)(C)C)C(=O)OC. The van der Waals surface area contributed by atoms with Crippen LogP contribution in [-0.4, -0.2) is 95.2 Å². The third-order valence-electron chi connectivity index (χ3n) is 11.0. The van der Waals surface area contributed by atoms with Gasteiger partial charge < -0.3 is 39.8 Å². The number of hydrogen-bond acceptors (Lipinski definition) is 12. The van der Waals surface area contributed by atoms with Crippen molar-refractivity contribution in [1.82, 2.24) is 25.5 Å². The van der Waals surface area contributed by atoms with Crippen LogP contribution in [0.3, 0.4) is 0 Å². The van der Waals surface area contributed by atoms with Crippen LogP contribution in [-0.2, 0) is 28.7 Å². The van der Waals surface area contributed by atoms with E-state index in [1.807, 2.05) is 47.6 Å². The van der Waals surface area contributed by atoms with E-state index in [1.165, 1.54) is 23.3 Å². The molecular weight excluding hydrogens is 777 g/mol. The number of amides is 4. The lowest BCUT2D eigenvalue weighted by Gasteiger charge is -2.35. The number of alkyl carbamates (subject to hydrolysis) is 1. The predicted molar refractivity (Wildman–Crippen MR) is 223 cm³/mol. The van der Waals surface area contributed by atoms with Gasteiger partial charge in [-0.05, 0) is 55.1 Å². The largest absolute Gasteiger partial charge is 0.497 e. The molecule has 1 aliphatic heterocycles. The first kappa shape index (κ1) is 43.3. The normalized spacial score (nSPS) is 22.3. The minimum Gasteiger partial charge on any atom is -0.497 e. The number of ether oxygens (including phenoxy) is 4. The molecule has 15 nitrogen and oxygen atoms in total. The Morgan fingerprint density at radius 2 is 1.75 bits per heavy atom. The van der Waals surface area contributed by atoms with Gasteiger partial charge in [0.1, 0.15) is 47.0 Å². The van der Waals surface area contributed by atoms with Gasteiger partial charge in [0.25, 0.3) is 0 Å². The molecule has 3 aliphatic rings. The second kappa shape index (κ2) is 17.2. The topological polar surface area (TPSA) is 187 Å². The maximum Gasteiger partial charge on any atom is 0.408 e. The van der Waals surface area contributed by atoms with E-state index < -0.39 is 53.0 Å². The Labute approximate surface area is 349 Å². The number of esters is 1. The van der Waals surface area contributed by atoms with Gasteiger partial charge in [-0.1, -0.05) is 47.6 Å². The van der Waals surface area contributed by atoms with Crippen LogP contribution in [0.2, 0.25) is 0 Å². The number of rotatable bonds is 13. The summed E-state index contributed by atoms with van der Waals surface area (Å²) in [5, 5.41) is 11.5. The van der Waals surface area contributed by atoms with Crippen LogP contribution in [0.25, 0.3) is 22.3 Å². The third-order valence-corrected chi connectivity index (χ3v) is 11.7. The van der Waals surface area contributed by atoms with Crippen LogP contribution < -0.4 is 25.4 Å². The lowest BCUT2D eigenvalue weighted by Crippen LogP contribution is -2.59. The zero-order valence-electron chi connectivity index (χ0n) is 35.1. The number of pyridine rings is 1. The molecular formula is C43H56N6O9S. The van der Waals surface area contributed by atoms with Crippen molar-refractivity contribution in [3.05, 3.63) is 42.3 Å². The molecule has 59 heavy (non-hydrogen) atoms. The predicted octanol–water partition coefficient (Wildman–Crippen LogP) is 6.41. The number of hydrogen-bond donors (Lipinski definition) is 3. The summed E-state index contributed by atoms with van der Waals surface area (Å²) in [6, 6.07) is 4.97. The number of fused-ring (bicyclic) bond motifs is 1. The fourth-order valence-electron chi connectivity index (χ4n) is 7.79. The molecule has 0 bridgehead atoms. The van der Waals surface area contributed by atoms with Gasteiger partial charge in [-0.2, -0.15) is 0 Å². The molecule has 1 unspecified atom stereocenters. The highest BCUT2D eigenvalue weighted by atomic mass is 32.1. The van der Waals surface area contributed by atoms with Crippen LogP contribution in [0, 0.1) is 16.7 Å². The second-order valence-corrected chi connectivity index (χ2v) is 18.8. The van der Waals surface area contributed by atoms with Gasteiger partial charge in [-0.3, -0.25) is 14.4 Å². The van der Waals surface area contributed by atoms with Gasteiger partial charge in [0.15, 0.2) is 5.13 Å². The second-order valence-electron chi connectivity index (χ2n) is 17.9. The highest BCUT2D eigenvalue weighted by Gasteiger charge is 2.62. The van der Waals surface area contributed by atoms with E-state index in [4.69, 9.17) is 23.9 Å². The molecule has 4 amide bonds. The van der Waals surface area contributed by atoms with E-state index in [-0.39, 0.29) is 36.3 Å². The van der Waals surface area contributed by atoms with E-state index in [2.05, 4.69) is 27.5 Å². The molecule has 6 rings (SSSR count). The summed E-state index contributed by atoms with van der Waals surface area (Å²) in [6.45, 7) is 15.2. The number of anilines is 1. The van der Waals surface area contributed by atoms with Gasteiger partial charge in [0.05, 0.1) is 32.0 Å². The molecule has 318 valence electrons. The summed E-state index contributed by atoms with van der Waals surface area (Å²) in [6.07, 6.45) is 4.12. The maximum atomic E-state index is 14.7. The first-order valence-electron chi connectivity index (χ1n) is 20.1. The number of aromatic nitrogens is 2. The van der Waals surface area contributed by atoms with Crippen LogP contribution in [0.15, 0.2) is 42.3 Å². The number of thiazole rings is 1. The van der Waals surface area contributed by atoms with Crippen molar-refractivity contribution in [1.29, 1.82) is 0 Å². The summed E-state index contributed by atoms with van der Waals surface area (Å²) in [5.74, 6) is -1.16. The molecule has 0 radical (unpaired) electrons. The van der Waals surface area contributed by atoms with Crippen LogP contribution in [0.1, 0.15) is 86.5 Å². The van der Waals surface area contributed by atoms with Crippen LogP contribution in [0.5, 0.6) is 11.5 Å². The van der Waals surface area contributed by atoms with Crippen molar-refractivity contribution in [2.45, 2.75) is 116 Å². The average molecular weight is 833 g/mol. The highest BCUT2D eigenvalue weighted by molar-refractivity contribution is 7.14. The lowest BCUT2D eigenvalue weighted by atomic mass is 9.85. The van der Waals surface area contributed by atoms with Gasteiger partial charge >= 0.3 is 12.1 Å². The minimum atomic E-state index is -1.30. The molecule has 1 aromatic carbocycles. The number of benzene rings is 1. The van der Waals surface area contributed by atoms with Crippen molar-refractivity contribution in [3.8, 4) is 22.9 Å². The molecule has 2 aromatic heterocycles. The van der Waals surface area contributed by atoms with Crippen LogP contribution >= 0.6 is 11.3 Å². The van der Waals surface area contributed by atoms with Crippen molar-refractivity contribution in [3.63, 3.8) is 0 Å². The Hall–Kier alpha value is -5.25. The maximum absolute atomic E-state index is 14.7. The zero-order valence-corrected chi connectivity index (χ0v) is 36.0. The zero-order chi connectivity index (χ0) is 42.9.